The maximum absolute atomic E-state index is 12.9. The van der Waals surface area contributed by atoms with Crippen molar-refractivity contribution in [3.8, 4) is 0 Å². The van der Waals surface area contributed by atoms with Gasteiger partial charge in [-0.2, -0.15) is 0 Å². The standard InChI is InChI=1S/C23H21NO4S/c1-28-12-5-11-24-20(18-8-4-13-29-18)19(22(26)23(24)27)21(25)17-10-9-15-6-2-3-7-16(15)14-17/h2-4,6-10,13-14,20,25H,5,11-12H2,1H3/b21-19-. The van der Waals surface area contributed by atoms with Crippen LogP contribution in [0.2, 0.25) is 0 Å². The highest BCUT2D eigenvalue weighted by Gasteiger charge is 2.46. The summed E-state index contributed by atoms with van der Waals surface area (Å²) < 4.78 is 5.09. The summed E-state index contributed by atoms with van der Waals surface area (Å²) in [5.74, 6) is -1.37. The van der Waals surface area contributed by atoms with E-state index >= 15 is 0 Å². The van der Waals surface area contributed by atoms with E-state index in [-0.39, 0.29) is 11.3 Å². The van der Waals surface area contributed by atoms with Crippen LogP contribution in [0.1, 0.15) is 22.9 Å². The monoisotopic (exact) mass is 407 g/mol. The number of benzene rings is 2. The Kier molecular flexibility index (Phi) is 5.47. The van der Waals surface area contributed by atoms with E-state index in [4.69, 9.17) is 4.74 Å². The lowest BCUT2D eigenvalue weighted by Gasteiger charge is -2.24. The first-order valence-corrected chi connectivity index (χ1v) is 10.3. The second-order valence-electron chi connectivity index (χ2n) is 6.92. The first-order chi connectivity index (χ1) is 14.1. The van der Waals surface area contributed by atoms with Crippen LogP contribution in [0.5, 0.6) is 0 Å². The van der Waals surface area contributed by atoms with E-state index in [1.54, 1.807) is 18.1 Å². The zero-order valence-corrected chi connectivity index (χ0v) is 16.8. The fourth-order valence-corrected chi connectivity index (χ4v) is 4.57. The van der Waals surface area contributed by atoms with Gasteiger partial charge in [0.05, 0.1) is 11.6 Å². The molecule has 1 aromatic heterocycles. The lowest BCUT2D eigenvalue weighted by Crippen LogP contribution is -2.31. The molecule has 2 heterocycles. The van der Waals surface area contributed by atoms with Gasteiger partial charge in [0.2, 0.25) is 0 Å². The van der Waals surface area contributed by atoms with E-state index in [0.29, 0.717) is 25.1 Å². The van der Waals surface area contributed by atoms with Gasteiger partial charge in [-0.3, -0.25) is 9.59 Å². The fourth-order valence-electron chi connectivity index (χ4n) is 3.72. The molecule has 29 heavy (non-hydrogen) atoms. The Balaban J connectivity index is 1.81. The molecule has 0 bridgehead atoms. The molecule has 1 fully saturated rings. The average molecular weight is 407 g/mol. The van der Waals surface area contributed by atoms with E-state index in [9.17, 15) is 14.7 Å². The zero-order chi connectivity index (χ0) is 20.4. The molecule has 1 saturated heterocycles. The van der Waals surface area contributed by atoms with E-state index in [2.05, 4.69) is 0 Å². The third-order valence-electron chi connectivity index (χ3n) is 5.12. The number of methoxy groups -OCH3 is 1. The van der Waals surface area contributed by atoms with Crippen molar-refractivity contribution < 1.29 is 19.4 Å². The molecule has 1 atom stereocenters. The van der Waals surface area contributed by atoms with Gasteiger partial charge in [0.15, 0.2) is 0 Å². The molecule has 1 aliphatic heterocycles. The Morgan fingerprint density at radius 3 is 2.62 bits per heavy atom. The van der Waals surface area contributed by atoms with Crippen molar-refractivity contribution in [2.45, 2.75) is 12.5 Å². The molecule has 4 rings (SSSR count). The number of hydrogen-bond acceptors (Lipinski definition) is 5. The maximum atomic E-state index is 12.9. The van der Waals surface area contributed by atoms with Crippen molar-refractivity contribution in [1.29, 1.82) is 0 Å². The lowest BCUT2D eigenvalue weighted by atomic mass is 9.98. The van der Waals surface area contributed by atoms with Gasteiger partial charge >= 0.3 is 0 Å². The van der Waals surface area contributed by atoms with E-state index in [1.807, 2.05) is 53.9 Å². The smallest absolute Gasteiger partial charge is 0.295 e. The summed E-state index contributed by atoms with van der Waals surface area (Å²) in [4.78, 5) is 28.0. The third-order valence-corrected chi connectivity index (χ3v) is 6.05. The van der Waals surface area contributed by atoms with Crippen LogP contribution < -0.4 is 0 Å². The van der Waals surface area contributed by atoms with Crippen LogP contribution in [0, 0.1) is 0 Å². The first-order valence-electron chi connectivity index (χ1n) is 9.41. The van der Waals surface area contributed by atoms with E-state index < -0.39 is 17.7 Å². The number of thiophene rings is 1. The Hall–Kier alpha value is -2.96. The summed E-state index contributed by atoms with van der Waals surface area (Å²) in [5, 5.41) is 15.0. The zero-order valence-electron chi connectivity index (χ0n) is 16.0. The van der Waals surface area contributed by atoms with Crippen molar-refractivity contribution in [2.24, 2.45) is 0 Å². The summed E-state index contributed by atoms with van der Waals surface area (Å²) in [6.45, 7) is 0.875. The molecular formula is C23H21NO4S. The van der Waals surface area contributed by atoms with Crippen LogP contribution in [0.4, 0.5) is 0 Å². The molecule has 1 unspecified atom stereocenters. The van der Waals surface area contributed by atoms with Crippen LogP contribution in [0.15, 0.2) is 65.6 Å². The number of rotatable bonds is 6. The van der Waals surface area contributed by atoms with Gasteiger partial charge in [0, 0.05) is 30.7 Å². The summed E-state index contributed by atoms with van der Waals surface area (Å²) in [6, 6.07) is 16.5. The minimum atomic E-state index is -0.647. The van der Waals surface area contributed by atoms with Crippen LogP contribution >= 0.6 is 11.3 Å². The minimum absolute atomic E-state index is 0.137. The molecule has 6 heteroatoms. The predicted octanol–water partition coefficient (Wildman–Crippen LogP) is 4.36. The van der Waals surface area contributed by atoms with Crippen LogP contribution in [-0.2, 0) is 14.3 Å². The molecule has 0 spiro atoms. The highest BCUT2D eigenvalue weighted by molar-refractivity contribution is 7.10. The number of nitrogens with zero attached hydrogens (tertiary/aromatic N) is 1. The Bertz CT molecular complexity index is 1090. The normalized spacial score (nSPS) is 18.7. The Morgan fingerprint density at radius 2 is 1.90 bits per heavy atom. The highest BCUT2D eigenvalue weighted by Crippen LogP contribution is 2.41. The second-order valence-corrected chi connectivity index (χ2v) is 7.90. The summed E-state index contributed by atoms with van der Waals surface area (Å²) in [7, 11) is 1.60. The summed E-state index contributed by atoms with van der Waals surface area (Å²) in [6.07, 6.45) is 0.613. The lowest BCUT2D eigenvalue weighted by molar-refractivity contribution is -0.140. The van der Waals surface area contributed by atoms with Gasteiger partial charge in [-0.25, -0.2) is 0 Å². The van der Waals surface area contributed by atoms with Gasteiger partial charge in [-0.1, -0.05) is 42.5 Å². The van der Waals surface area contributed by atoms with Crippen molar-refractivity contribution >= 4 is 39.6 Å². The number of Topliss-reactive ketones (excluding diaryl/α,β-unsaturated/α-hetero) is 1. The van der Waals surface area contributed by atoms with Gasteiger partial charge in [0.1, 0.15) is 5.76 Å². The number of hydrogen-bond donors (Lipinski definition) is 1. The number of likely N-dealkylation sites (tertiary alicyclic amines) is 1. The topological polar surface area (TPSA) is 66.8 Å². The molecule has 148 valence electrons. The number of aliphatic hydroxyl groups is 1. The van der Waals surface area contributed by atoms with Gasteiger partial charge in [0.25, 0.3) is 11.7 Å². The number of ether oxygens (including phenoxy) is 1. The van der Waals surface area contributed by atoms with Gasteiger partial charge < -0.3 is 14.7 Å². The molecule has 1 N–H and O–H groups in total. The molecule has 5 nitrogen and oxygen atoms in total. The highest BCUT2D eigenvalue weighted by atomic mass is 32.1. The van der Waals surface area contributed by atoms with Crippen molar-refractivity contribution in [3.63, 3.8) is 0 Å². The predicted molar refractivity (Wildman–Crippen MR) is 114 cm³/mol. The number of aliphatic hydroxyl groups excluding tert-OH is 1. The minimum Gasteiger partial charge on any atom is -0.507 e. The fraction of sp³-hybridized carbons (Fsp3) is 0.217. The summed E-state index contributed by atoms with van der Waals surface area (Å²) >= 11 is 1.46. The number of carbonyl (C=O) groups is 2. The second kappa shape index (κ2) is 8.19. The van der Waals surface area contributed by atoms with Crippen molar-refractivity contribution in [2.75, 3.05) is 20.3 Å². The SMILES string of the molecule is COCCCN1C(=O)C(=O)/C(=C(\O)c2ccc3ccccc3c2)C1c1cccs1. The quantitative estimate of drug-likeness (QED) is 0.285. The molecule has 3 aromatic rings. The van der Waals surface area contributed by atoms with E-state index in [0.717, 1.165) is 15.6 Å². The first kappa shape index (κ1) is 19.4. The number of amides is 1. The van der Waals surface area contributed by atoms with E-state index in [1.165, 1.54) is 11.3 Å². The molecule has 0 saturated carbocycles. The average Bonchev–Trinajstić information content (AvgIpc) is 3.35. The van der Waals surface area contributed by atoms with Crippen LogP contribution in [-0.4, -0.2) is 42.0 Å². The molecule has 0 aliphatic carbocycles. The van der Waals surface area contributed by atoms with Crippen LogP contribution in [0.3, 0.4) is 0 Å². The van der Waals surface area contributed by atoms with Gasteiger partial charge in [-0.15, -0.1) is 11.3 Å². The molecule has 2 aromatic carbocycles. The maximum Gasteiger partial charge on any atom is 0.295 e. The van der Waals surface area contributed by atoms with Crippen molar-refractivity contribution in [3.05, 3.63) is 76.0 Å². The van der Waals surface area contributed by atoms with Gasteiger partial charge in [-0.05, 0) is 34.7 Å². The Morgan fingerprint density at radius 1 is 1.10 bits per heavy atom. The summed E-state index contributed by atoms with van der Waals surface area (Å²) in [5.41, 5.74) is 0.672. The Labute approximate surface area is 172 Å². The number of fused-ring (bicyclic) bond motifs is 1. The molecular weight excluding hydrogens is 386 g/mol. The third kappa shape index (κ3) is 3.57. The molecule has 0 radical (unpaired) electrons. The molecule has 1 amide bonds. The number of ketones is 1. The molecule has 1 aliphatic rings. The largest absolute Gasteiger partial charge is 0.507 e. The van der Waals surface area contributed by atoms with Crippen LogP contribution in [0.25, 0.3) is 16.5 Å². The number of carbonyl (C=O) groups excluding carboxylic acids is 2. The van der Waals surface area contributed by atoms with Crippen molar-refractivity contribution in [1.82, 2.24) is 4.90 Å².